The van der Waals surface area contributed by atoms with Crippen LogP contribution in [-0.4, -0.2) is 35.4 Å². The maximum absolute atomic E-state index is 14.2. The first-order valence-electron chi connectivity index (χ1n) is 8.20. The molecule has 2 aromatic rings. The number of sulfonamides is 1. The summed E-state index contributed by atoms with van der Waals surface area (Å²) in [6.45, 7) is 5.32. The minimum Gasteiger partial charge on any atom is -0.335 e. The van der Waals surface area contributed by atoms with Crippen LogP contribution in [0.2, 0.25) is 0 Å². The number of benzene rings is 1. The Kier molecular flexibility index (Phi) is 4.73. The number of imidazole rings is 1. The van der Waals surface area contributed by atoms with Crippen LogP contribution < -0.4 is 0 Å². The Labute approximate surface area is 142 Å². The number of hydrogen-bond donors (Lipinski definition) is 0. The van der Waals surface area contributed by atoms with Gasteiger partial charge in [0.05, 0.1) is 0 Å². The van der Waals surface area contributed by atoms with Crippen molar-refractivity contribution in [1.29, 1.82) is 0 Å². The Balaban J connectivity index is 1.88. The number of halogens is 1. The SMILES string of the molecule is CCn1ccnc1C1CCCN(S(=O)(=O)c2ccc(C)cc2F)C1. The van der Waals surface area contributed by atoms with Gasteiger partial charge in [0.2, 0.25) is 10.0 Å². The molecule has 1 unspecified atom stereocenters. The third kappa shape index (κ3) is 3.10. The normalized spacial score (nSPS) is 19.5. The highest BCUT2D eigenvalue weighted by Gasteiger charge is 2.33. The summed E-state index contributed by atoms with van der Waals surface area (Å²) in [4.78, 5) is 4.15. The molecule has 0 bridgehead atoms. The molecule has 2 heterocycles. The van der Waals surface area contributed by atoms with Gasteiger partial charge in [-0.15, -0.1) is 0 Å². The van der Waals surface area contributed by atoms with Crippen molar-refractivity contribution in [3.05, 3.63) is 47.8 Å². The summed E-state index contributed by atoms with van der Waals surface area (Å²) >= 11 is 0. The van der Waals surface area contributed by atoms with Gasteiger partial charge in [-0.2, -0.15) is 4.31 Å². The molecule has 0 amide bonds. The molecule has 1 aliphatic rings. The van der Waals surface area contributed by atoms with Crippen molar-refractivity contribution in [2.24, 2.45) is 0 Å². The van der Waals surface area contributed by atoms with E-state index >= 15 is 0 Å². The highest BCUT2D eigenvalue weighted by molar-refractivity contribution is 7.89. The third-order valence-electron chi connectivity index (χ3n) is 4.54. The largest absolute Gasteiger partial charge is 0.335 e. The van der Waals surface area contributed by atoms with Crippen LogP contribution in [0.1, 0.15) is 37.1 Å². The Morgan fingerprint density at radius 3 is 2.88 bits per heavy atom. The molecule has 1 aromatic heterocycles. The van der Waals surface area contributed by atoms with Crippen molar-refractivity contribution in [2.45, 2.75) is 44.0 Å². The maximum Gasteiger partial charge on any atom is 0.246 e. The summed E-state index contributed by atoms with van der Waals surface area (Å²) < 4.78 is 43.3. The summed E-state index contributed by atoms with van der Waals surface area (Å²) in [5.41, 5.74) is 0.702. The summed E-state index contributed by atoms with van der Waals surface area (Å²) in [7, 11) is -3.83. The van der Waals surface area contributed by atoms with Crippen molar-refractivity contribution in [1.82, 2.24) is 13.9 Å². The molecule has 1 fully saturated rings. The lowest BCUT2D eigenvalue weighted by atomic mass is 9.99. The smallest absolute Gasteiger partial charge is 0.246 e. The molecule has 130 valence electrons. The van der Waals surface area contributed by atoms with Gasteiger partial charge in [-0.1, -0.05) is 6.07 Å². The first-order chi connectivity index (χ1) is 11.4. The standard InChI is InChI=1S/C17H22FN3O2S/c1-3-20-10-8-19-17(20)14-5-4-9-21(12-14)24(22,23)16-7-6-13(2)11-15(16)18/h6-8,10-11,14H,3-5,9,12H2,1-2H3. The van der Waals surface area contributed by atoms with Crippen LogP contribution in [0.25, 0.3) is 0 Å². The number of piperidine rings is 1. The second-order valence-electron chi connectivity index (χ2n) is 6.21. The van der Waals surface area contributed by atoms with Crippen molar-refractivity contribution < 1.29 is 12.8 Å². The van der Waals surface area contributed by atoms with Crippen LogP contribution in [0.5, 0.6) is 0 Å². The van der Waals surface area contributed by atoms with Gasteiger partial charge in [0.15, 0.2) is 0 Å². The van der Waals surface area contributed by atoms with E-state index in [1.807, 2.05) is 17.7 Å². The quantitative estimate of drug-likeness (QED) is 0.851. The van der Waals surface area contributed by atoms with Crippen LogP contribution in [0.15, 0.2) is 35.5 Å². The van der Waals surface area contributed by atoms with E-state index in [0.717, 1.165) is 25.2 Å². The molecule has 0 N–H and O–H groups in total. The average Bonchev–Trinajstić information content (AvgIpc) is 3.03. The molecule has 0 aliphatic carbocycles. The van der Waals surface area contributed by atoms with Crippen LogP contribution in [0, 0.1) is 12.7 Å². The van der Waals surface area contributed by atoms with E-state index in [1.165, 1.54) is 16.4 Å². The minimum absolute atomic E-state index is 0.0389. The number of nitrogens with zero attached hydrogens (tertiary/aromatic N) is 3. The van der Waals surface area contributed by atoms with E-state index in [2.05, 4.69) is 4.98 Å². The fourth-order valence-corrected chi connectivity index (χ4v) is 4.84. The maximum atomic E-state index is 14.2. The fourth-order valence-electron chi connectivity index (χ4n) is 3.27. The van der Waals surface area contributed by atoms with E-state index in [-0.39, 0.29) is 10.8 Å². The van der Waals surface area contributed by atoms with Crippen LogP contribution in [0.3, 0.4) is 0 Å². The molecule has 1 aliphatic heterocycles. The van der Waals surface area contributed by atoms with E-state index < -0.39 is 15.8 Å². The molecule has 7 heteroatoms. The van der Waals surface area contributed by atoms with Crippen molar-refractivity contribution in [3.63, 3.8) is 0 Å². The molecular formula is C17H22FN3O2S. The number of rotatable bonds is 4. The van der Waals surface area contributed by atoms with Gasteiger partial charge in [0.1, 0.15) is 16.5 Å². The van der Waals surface area contributed by atoms with Gasteiger partial charge < -0.3 is 4.57 Å². The predicted octanol–water partition coefficient (Wildman–Crippen LogP) is 2.92. The Hall–Kier alpha value is -1.73. The lowest BCUT2D eigenvalue weighted by molar-refractivity contribution is 0.304. The van der Waals surface area contributed by atoms with Crippen LogP contribution in [0.4, 0.5) is 4.39 Å². The first-order valence-corrected chi connectivity index (χ1v) is 9.65. The van der Waals surface area contributed by atoms with E-state index in [0.29, 0.717) is 18.7 Å². The fraction of sp³-hybridized carbons (Fsp3) is 0.471. The molecule has 0 radical (unpaired) electrons. The second-order valence-corrected chi connectivity index (χ2v) is 8.11. The summed E-state index contributed by atoms with van der Waals surface area (Å²) in [5, 5.41) is 0. The molecule has 0 saturated carbocycles. The number of aromatic nitrogens is 2. The van der Waals surface area contributed by atoms with Gasteiger partial charge in [0.25, 0.3) is 0 Å². The summed E-state index contributed by atoms with van der Waals surface area (Å²) in [6.07, 6.45) is 5.28. The molecule has 1 aromatic carbocycles. The molecule has 5 nitrogen and oxygen atoms in total. The molecular weight excluding hydrogens is 329 g/mol. The van der Waals surface area contributed by atoms with Crippen LogP contribution in [-0.2, 0) is 16.6 Å². The summed E-state index contributed by atoms with van der Waals surface area (Å²) in [5.74, 6) is 0.256. The van der Waals surface area contributed by atoms with Crippen LogP contribution >= 0.6 is 0 Å². The Morgan fingerprint density at radius 2 is 2.17 bits per heavy atom. The van der Waals surface area contributed by atoms with Gasteiger partial charge in [-0.25, -0.2) is 17.8 Å². The second kappa shape index (κ2) is 6.64. The van der Waals surface area contributed by atoms with Crippen molar-refractivity contribution in [2.75, 3.05) is 13.1 Å². The minimum atomic E-state index is -3.83. The highest BCUT2D eigenvalue weighted by atomic mass is 32.2. The predicted molar refractivity (Wildman–Crippen MR) is 89.8 cm³/mol. The zero-order valence-corrected chi connectivity index (χ0v) is 14.8. The molecule has 1 atom stereocenters. The van der Waals surface area contributed by atoms with E-state index in [9.17, 15) is 12.8 Å². The molecule has 3 rings (SSSR count). The number of hydrogen-bond acceptors (Lipinski definition) is 3. The Bertz CT molecular complexity index is 832. The molecule has 24 heavy (non-hydrogen) atoms. The number of aryl methyl sites for hydroxylation is 2. The zero-order chi connectivity index (χ0) is 17.3. The molecule has 1 saturated heterocycles. The van der Waals surface area contributed by atoms with Crippen molar-refractivity contribution >= 4 is 10.0 Å². The summed E-state index contributed by atoms with van der Waals surface area (Å²) in [6, 6.07) is 4.25. The van der Waals surface area contributed by atoms with Gasteiger partial charge in [0, 0.05) is 37.9 Å². The first kappa shape index (κ1) is 17.1. The van der Waals surface area contributed by atoms with E-state index in [1.54, 1.807) is 19.2 Å². The monoisotopic (exact) mass is 351 g/mol. The van der Waals surface area contributed by atoms with Gasteiger partial charge >= 0.3 is 0 Å². The lowest BCUT2D eigenvalue weighted by Crippen LogP contribution is -2.40. The Morgan fingerprint density at radius 1 is 1.38 bits per heavy atom. The molecule has 0 spiro atoms. The van der Waals surface area contributed by atoms with Gasteiger partial charge in [-0.3, -0.25) is 0 Å². The van der Waals surface area contributed by atoms with Gasteiger partial charge in [-0.05, 0) is 44.4 Å². The van der Waals surface area contributed by atoms with Crippen molar-refractivity contribution in [3.8, 4) is 0 Å². The third-order valence-corrected chi connectivity index (χ3v) is 6.44. The lowest BCUT2D eigenvalue weighted by Gasteiger charge is -2.32. The topological polar surface area (TPSA) is 55.2 Å². The zero-order valence-electron chi connectivity index (χ0n) is 13.9. The highest BCUT2D eigenvalue weighted by Crippen LogP contribution is 2.30. The average molecular weight is 351 g/mol. The van der Waals surface area contributed by atoms with E-state index in [4.69, 9.17) is 0 Å².